The van der Waals surface area contributed by atoms with E-state index in [1.54, 1.807) is 11.0 Å². The Morgan fingerprint density at radius 1 is 1.33 bits per heavy atom. The summed E-state index contributed by atoms with van der Waals surface area (Å²) < 4.78 is 3.59. The Morgan fingerprint density at radius 3 is 2.61 bits per heavy atom. The molecule has 2 heterocycles. The van der Waals surface area contributed by atoms with Gasteiger partial charge in [-0.3, -0.25) is 4.68 Å². The molecule has 98 valence electrons. The van der Waals surface area contributed by atoms with Crippen molar-refractivity contribution in [3.8, 4) is 5.82 Å². The van der Waals surface area contributed by atoms with Crippen molar-refractivity contribution in [1.29, 1.82) is 0 Å². The zero-order valence-corrected chi connectivity index (χ0v) is 11.6. The SMILES string of the molecule is Cc1nn(C)c(-n2cncn2)c1CNC(C)(C)C. The molecule has 0 spiro atoms. The van der Waals surface area contributed by atoms with E-state index in [4.69, 9.17) is 0 Å². The van der Waals surface area contributed by atoms with Crippen LogP contribution in [-0.2, 0) is 13.6 Å². The summed E-state index contributed by atoms with van der Waals surface area (Å²) in [5.41, 5.74) is 2.24. The third-order valence-corrected chi connectivity index (χ3v) is 2.74. The Morgan fingerprint density at radius 2 is 2.06 bits per heavy atom. The van der Waals surface area contributed by atoms with Crippen LogP contribution in [-0.4, -0.2) is 30.1 Å². The molecule has 6 heteroatoms. The topological polar surface area (TPSA) is 60.6 Å². The van der Waals surface area contributed by atoms with Crippen LogP contribution in [0.25, 0.3) is 5.82 Å². The van der Waals surface area contributed by atoms with Crippen LogP contribution in [0.15, 0.2) is 12.7 Å². The van der Waals surface area contributed by atoms with Gasteiger partial charge in [0.2, 0.25) is 0 Å². The molecule has 0 fully saturated rings. The molecule has 0 aliphatic heterocycles. The lowest BCUT2D eigenvalue weighted by atomic mass is 10.1. The molecule has 0 unspecified atom stereocenters. The molecule has 0 saturated carbocycles. The number of rotatable bonds is 3. The van der Waals surface area contributed by atoms with Gasteiger partial charge in [-0.2, -0.15) is 10.2 Å². The van der Waals surface area contributed by atoms with E-state index in [2.05, 4.69) is 41.3 Å². The van der Waals surface area contributed by atoms with Crippen molar-refractivity contribution in [3.63, 3.8) is 0 Å². The van der Waals surface area contributed by atoms with E-state index in [0.717, 1.165) is 23.6 Å². The molecule has 2 rings (SSSR count). The molecule has 0 bridgehead atoms. The average Bonchev–Trinajstić information content (AvgIpc) is 2.82. The lowest BCUT2D eigenvalue weighted by Gasteiger charge is -2.20. The van der Waals surface area contributed by atoms with E-state index >= 15 is 0 Å². The molecule has 0 saturated heterocycles. The van der Waals surface area contributed by atoms with Gasteiger partial charge in [0, 0.05) is 24.7 Å². The Balaban J connectivity index is 2.35. The predicted octanol–water partition coefficient (Wildman–Crippen LogP) is 1.20. The number of hydrogen-bond acceptors (Lipinski definition) is 4. The minimum Gasteiger partial charge on any atom is -0.308 e. The third kappa shape index (κ3) is 2.59. The van der Waals surface area contributed by atoms with Gasteiger partial charge in [0.1, 0.15) is 12.7 Å². The van der Waals surface area contributed by atoms with Crippen LogP contribution in [0.4, 0.5) is 0 Å². The fourth-order valence-electron chi connectivity index (χ4n) is 1.85. The maximum Gasteiger partial charge on any atom is 0.158 e. The van der Waals surface area contributed by atoms with Gasteiger partial charge in [0.05, 0.1) is 5.69 Å². The van der Waals surface area contributed by atoms with Gasteiger partial charge in [-0.05, 0) is 27.7 Å². The minimum absolute atomic E-state index is 0.0713. The summed E-state index contributed by atoms with van der Waals surface area (Å²) in [6.45, 7) is 9.22. The highest BCUT2D eigenvalue weighted by atomic mass is 15.4. The highest BCUT2D eigenvalue weighted by Crippen LogP contribution is 2.17. The number of hydrogen-bond donors (Lipinski definition) is 1. The quantitative estimate of drug-likeness (QED) is 0.886. The van der Waals surface area contributed by atoms with Crippen molar-refractivity contribution in [2.45, 2.75) is 39.8 Å². The van der Waals surface area contributed by atoms with E-state index in [9.17, 15) is 0 Å². The molecule has 0 atom stereocenters. The van der Waals surface area contributed by atoms with Crippen LogP contribution in [0.1, 0.15) is 32.0 Å². The van der Waals surface area contributed by atoms with E-state index < -0.39 is 0 Å². The summed E-state index contributed by atoms with van der Waals surface area (Å²) in [6.07, 6.45) is 3.22. The Bertz CT molecular complexity index is 518. The highest BCUT2D eigenvalue weighted by molar-refractivity contribution is 5.36. The lowest BCUT2D eigenvalue weighted by Crippen LogP contribution is -2.35. The zero-order chi connectivity index (χ0) is 13.3. The standard InChI is InChI=1S/C12H20N6/c1-9-10(6-14-12(2,3)4)11(17(5)16-9)18-8-13-7-15-18/h7-8,14H,6H2,1-5H3. The molecule has 0 aliphatic carbocycles. The van der Waals surface area contributed by atoms with Gasteiger partial charge in [-0.15, -0.1) is 0 Å². The summed E-state index contributed by atoms with van der Waals surface area (Å²) in [4.78, 5) is 3.99. The fraction of sp³-hybridized carbons (Fsp3) is 0.583. The first kappa shape index (κ1) is 12.8. The molecule has 18 heavy (non-hydrogen) atoms. The van der Waals surface area contributed by atoms with Crippen LogP contribution in [0.2, 0.25) is 0 Å². The first-order chi connectivity index (χ1) is 8.38. The Hall–Kier alpha value is -1.69. The fourth-order valence-corrected chi connectivity index (χ4v) is 1.85. The maximum absolute atomic E-state index is 4.46. The van der Waals surface area contributed by atoms with E-state index in [1.165, 1.54) is 6.33 Å². The number of nitrogens with zero attached hydrogens (tertiary/aromatic N) is 5. The Labute approximate surface area is 107 Å². The minimum atomic E-state index is 0.0713. The van der Waals surface area contributed by atoms with Crippen LogP contribution < -0.4 is 5.32 Å². The van der Waals surface area contributed by atoms with E-state index in [0.29, 0.717) is 0 Å². The largest absolute Gasteiger partial charge is 0.308 e. The molecule has 2 aromatic heterocycles. The molecular weight excluding hydrogens is 228 g/mol. The molecule has 0 aliphatic rings. The van der Waals surface area contributed by atoms with E-state index in [-0.39, 0.29) is 5.54 Å². The summed E-state index contributed by atoms with van der Waals surface area (Å²) in [5.74, 6) is 0.960. The molecule has 0 aromatic carbocycles. The van der Waals surface area contributed by atoms with Crippen molar-refractivity contribution in [3.05, 3.63) is 23.9 Å². The van der Waals surface area contributed by atoms with E-state index in [1.807, 2.05) is 18.7 Å². The van der Waals surface area contributed by atoms with Crippen molar-refractivity contribution in [1.82, 2.24) is 29.9 Å². The molecular formula is C12H20N6. The van der Waals surface area contributed by atoms with Gasteiger partial charge in [0.15, 0.2) is 5.82 Å². The normalized spacial score (nSPS) is 12.1. The zero-order valence-electron chi connectivity index (χ0n) is 11.6. The molecule has 2 aromatic rings. The second kappa shape index (κ2) is 4.53. The molecule has 1 N–H and O–H groups in total. The Kier molecular flexibility index (Phi) is 3.21. The second-order valence-electron chi connectivity index (χ2n) is 5.45. The summed E-state index contributed by atoms with van der Waals surface area (Å²) in [5, 5.41) is 12.1. The summed E-state index contributed by atoms with van der Waals surface area (Å²) in [7, 11) is 1.92. The number of aromatic nitrogens is 5. The predicted molar refractivity (Wildman–Crippen MR) is 69.5 cm³/mol. The average molecular weight is 248 g/mol. The first-order valence-electron chi connectivity index (χ1n) is 6.01. The smallest absolute Gasteiger partial charge is 0.158 e. The van der Waals surface area contributed by atoms with Gasteiger partial charge in [0.25, 0.3) is 0 Å². The summed E-state index contributed by atoms with van der Waals surface area (Å²) >= 11 is 0. The van der Waals surface area contributed by atoms with Crippen LogP contribution in [0, 0.1) is 6.92 Å². The highest BCUT2D eigenvalue weighted by Gasteiger charge is 2.17. The monoisotopic (exact) mass is 248 g/mol. The van der Waals surface area contributed by atoms with Gasteiger partial charge in [-0.25, -0.2) is 9.67 Å². The lowest BCUT2D eigenvalue weighted by molar-refractivity contribution is 0.423. The molecule has 0 radical (unpaired) electrons. The van der Waals surface area contributed by atoms with Gasteiger partial charge < -0.3 is 5.32 Å². The van der Waals surface area contributed by atoms with Gasteiger partial charge in [-0.1, -0.05) is 0 Å². The van der Waals surface area contributed by atoms with Crippen molar-refractivity contribution in [2.24, 2.45) is 7.05 Å². The van der Waals surface area contributed by atoms with Gasteiger partial charge >= 0.3 is 0 Å². The first-order valence-corrected chi connectivity index (χ1v) is 6.01. The number of nitrogens with one attached hydrogen (secondary N) is 1. The maximum atomic E-state index is 4.46. The molecule has 0 amide bonds. The van der Waals surface area contributed by atoms with Crippen LogP contribution in [0.5, 0.6) is 0 Å². The summed E-state index contributed by atoms with van der Waals surface area (Å²) in [6, 6.07) is 0. The van der Waals surface area contributed by atoms with Crippen LogP contribution >= 0.6 is 0 Å². The third-order valence-electron chi connectivity index (χ3n) is 2.74. The van der Waals surface area contributed by atoms with Crippen molar-refractivity contribution >= 4 is 0 Å². The second-order valence-corrected chi connectivity index (χ2v) is 5.45. The van der Waals surface area contributed by atoms with Crippen LogP contribution in [0.3, 0.4) is 0 Å². The van der Waals surface area contributed by atoms with Crippen molar-refractivity contribution < 1.29 is 0 Å². The number of aryl methyl sites for hydroxylation is 2. The van der Waals surface area contributed by atoms with Crippen molar-refractivity contribution in [2.75, 3.05) is 0 Å². The molecule has 6 nitrogen and oxygen atoms in total.